The van der Waals surface area contributed by atoms with Crippen molar-refractivity contribution in [3.05, 3.63) is 71.8 Å². The molecule has 2 aliphatic carbocycles. The van der Waals surface area contributed by atoms with E-state index in [1.807, 2.05) is 12.1 Å². The molecule has 0 unspecified atom stereocenters. The van der Waals surface area contributed by atoms with Gasteiger partial charge in [-0.05, 0) is 104 Å². The molecule has 0 N–H and O–H groups in total. The molecule has 2 aromatic rings. The van der Waals surface area contributed by atoms with Crippen molar-refractivity contribution >= 4 is 0 Å². The summed E-state index contributed by atoms with van der Waals surface area (Å²) < 4.78 is 55.1. The number of allylic oxidation sites excluding steroid dienone is 1. The molecule has 0 amide bonds. The number of hydrogen-bond acceptors (Lipinski definition) is 0. The molecule has 0 aliphatic heterocycles. The minimum absolute atomic E-state index is 0.0119. The molecule has 2 fully saturated rings. The van der Waals surface area contributed by atoms with E-state index < -0.39 is 23.3 Å². The quantitative estimate of drug-likeness (QED) is 0.237. The number of rotatable bonds is 6. The molecule has 0 bridgehead atoms. The molecule has 2 aliphatic rings. The fraction of sp³-hybridized carbons (Fsp3) is 0.500. The minimum atomic E-state index is -1.53. The van der Waals surface area contributed by atoms with Crippen LogP contribution in [-0.2, 0) is 0 Å². The lowest BCUT2D eigenvalue weighted by Crippen LogP contribution is -2.25. The SMILES string of the molecule is C=CCCC1CCC(C2CCC(c3ccc(-c4cc(F)c(F)c(F)c4)c(F)c3)CC2)CC1. The van der Waals surface area contributed by atoms with Gasteiger partial charge in [-0.2, -0.15) is 0 Å². The number of hydrogen-bond donors (Lipinski definition) is 0. The van der Waals surface area contributed by atoms with Crippen LogP contribution in [0.3, 0.4) is 0 Å². The predicted octanol–water partition coefficient (Wildman–Crippen LogP) is 8.96. The van der Waals surface area contributed by atoms with Crippen molar-refractivity contribution in [1.29, 1.82) is 0 Å². The summed E-state index contributed by atoms with van der Waals surface area (Å²) in [6, 6.07) is 6.59. The molecule has 172 valence electrons. The summed E-state index contributed by atoms with van der Waals surface area (Å²) in [6.07, 6.45) is 14.3. The normalized spacial score (nSPS) is 26.1. The fourth-order valence-electron chi connectivity index (χ4n) is 5.96. The third kappa shape index (κ3) is 5.10. The summed E-state index contributed by atoms with van der Waals surface area (Å²) in [5.74, 6) is -1.88. The van der Waals surface area contributed by atoms with Crippen LogP contribution in [0, 0.1) is 41.0 Å². The van der Waals surface area contributed by atoms with Crippen molar-refractivity contribution in [2.24, 2.45) is 17.8 Å². The average molecular weight is 445 g/mol. The molecular weight excluding hydrogens is 412 g/mol. The van der Waals surface area contributed by atoms with Gasteiger partial charge in [0.05, 0.1) is 0 Å². The predicted molar refractivity (Wildman–Crippen MR) is 121 cm³/mol. The second kappa shape index (κ2) is 10.2. The van der Waals surface area contributed by atoms with Crippen LogP contribution in [0.5, 0.6) is 0 Å². The van der Waals surface area contributed by atoms with Crippen LogP contribution in [0.1, 0.15) is 75.7 Å². The lowest BCUT2D eigenvalue weighted by atomic mass is 9.68. The monoisotopic (exact) mass is 444 g/mol. The number of benzene rings is 2. The maximum Gasteiger partial charge on any atom is 0.194 e. The Bertz CT molecular complexity index is 911. The van der Waals surface area contributed by atoms with Gasteiger partial charge in [0, 0.05) is 5.56 Å². The zero-order valence-corrected chi connectivity index (χ0v) is 18.6. The highest BCUT2D eigenvalue weighted by atomic mass is 19.2. The van der Waals surface area contributed by atoms with Crippen LogP contribution in [0.2, 0.25) is 0 Å². The van der Waals surface area contributed by atoms with E-state index in [0.29, 0.717) is 5.92 Å². The highest BCUT2D eigenvalue weighted by Gasteiger charge is 2.31. The molecule has 0 heterocycles. The first-order valence-corrected chi connectivity index (χ1v) is 12.0. The Morgan fingerprint density at radius 2 is 1.34 bits per heavy atom. The van der Waals surface area contributed by atoms with Gasteiger partial charge in [-0.15, -0.1) is 6.58 Å². The maximum atomic E-state index is 14.8. The van der Waals surface area contributed by atoms with Crippen molar-refractivity contribution in [3.63, 3.8) is 0 Å². The van der Waals surface area contributed by atoms with E-state index in [1.54, 1.807) is 6.07 Å². The Morgan fingerprint density at radius 3 is 1.91 bits per heavy atom. The first-order valence-electron chi connectivity index (χ1n) is 12.0. The van der Waals surface area contributed by atoms with Gasteiger partial charge in [-0.25, -0.2) is 17.6 Å². The van der Waals surface area contributed by atoms with Gasteiger partial charge in [-0.3, -0.25) is 0 Å². The van der Waals surface area contributed by atoms with Gasteiger partial charge in [0.15, 0.2) is 17.5 Å². The Hall–Kier alpha value is -2.10. The maximum absolute atomic E-state index is 14.8. The second-order valence-corrected chi connectivity index (χ2v) is 9.75. The first kappa shape index (κ1) is 23.1. The Labute approximate surface area is 188 Å². The fourth-order valence-corrected chi connectivity index (χ4v) is 5.96. The molecule has 32 heavy (non-hydrogen) atoms. The average Bonchev–Trinajstić information content (AvgIpc) is 2.81. The van der Waals surface area contributed by atoms with Crippen LogP contribution in [0.15, 0.2) is 43.0 Å². The third-order valence-electron chi connectivity index (χ3n) is 7.87. The van der Waals surface area contributed by atoms with Crippen LogP contribution >= 0.6 is 0 Å². The zero-order valence-electron chi connectivity index (χ0n) is 18.6. The lowest BCUT2D eigenvalue weighted by molar-refractivity contribution is 0.157. The van der Waals surface area contributed by atoms with Gasteiger partial charge in [0.1, 0.15) is 5.82 Å². The van der Waals surface area contributed by atoms with Crippen molar-refractivity contribution in [1.82, 2.24) is 0 Å². The molecule has 0 nitrogen and oxygen atoms in total. The van der Waals surface area contributed by atoms with E-state index in [2.05, 4.69) is 6.58 Å². The second-order valence-electron chi connectivity index (χ2n) is 9.75. The van der Waals surface area contributed by atoms with E-state index in [1.165, 1.54) is 51.0 Å². The zero-order chi connectivity index (χ0) is 22.7. The molecule has 0 aromatic heterocycles. The van der Waals surface area contributed by atoms with E-state index in [-0.39, 0.29) is 11.1 Å². The smallest absolute Gasteiger partial charge is 0.194 e. The molecule has 0 saturated heterocycles. The molecule has 4 heteroatoms. The van der Waals surface area contributed by atoms with E-state index >= 15 is 0 Å². The van der Waals surface area contributed by atoms with Crippen molar-refractivity contribution < 1.29 is 17.6 Å². The van der Waals surface area contributed by atoms with E-state index in [0.717, 1.165) is 54.7 Å². The van der Waals surface area contributed by atoms with E-state index in [9.17, 15) is 17.6 Å². The van der Waals surface area contributed by atoms with Gasteiger partial charge in [-0.1, -0.05) is 31.1 Å². The molecule has 0 radical (unpaired) electrons. The van der Waals surface area contributed by atoms with Crippen LogP contribution in [0.4, 0.5) is 17.6 Å². The summed E-state index contributed by atoms with van der Waals surface area (Å²) in [5, 5.41) is 0. The molecule has 0 spiro atoms. The van der Waals surface area contributed by atoms with Crippen molar-refractivity contribution in [2.45, 2.75) is 70.1 Å². The Kier molecular flexibility index (Phi) is 7.37. The van der Waals surface area contributed by atoms with Crippen molar-refractivity contribution in [2.75, 3.05) is 0 Å². The third-order valence-corrected chi connectivity index (χ3v) is 7.87. The molecule has 2 aromatic carbocycles. The summed E-state index contributed by atoms with van der Waals surface area (Å²) >= 11 is 0. The highest BCUT2D eigenvalue weighted by Crippen LogP contribution is 2.45. The summed E-state index contributed by atoms with van der Waals surface area (Å²) in [7, 11) is 0. The van der Waals surface area contributed by atoms with Crippen LogP contribution < -0.4 is 0 Å². The van der Waals surface area contributed by atoms with Gasteiger partial charge in [0.25, 0.3) is 0 Å². The van der Waals surface area contributed by atoms with E-state index in [4.69, 9.17) is 0 Å². The topological polar surface area (TPSA) is 0 Å². The molecule has 4 rings (SSSR count). The molecule has 0 atom stereocenters. The van der Waals surface area contributed by atoms with Gasteiger partial charge in [0.2, 0.25) is 0 Å². The highest BCUT2D eigenvalue weighted by molar-refractivity contribution is 5.65. The lowest BCUT2D eigenvalue weighted by Gasteiger charge is -2.38. The van der Waals surface area contributed by atoms with Crippen LogP contribution in [-0.4, -0.2) is 0 Å². The first-order chi connectivity index (χ1) is 15.5. The van der Waals surface area contributed by atoms with Crippen LogP contribution in [0.25, 0.3) is 11.1 Å². The Morgan fingerprint density at radius 1 is 0.750 bits per heavy atom. The van der Waals surface area contributed by atoms with Gasteiger partial charge >= 0.3 is 0 Å². The Balaban J connectivity index is 1.35. The number of halogens is 4. The summed E-state index contributed by atoms with van der Waals surface area (Å²) in [5.41, 5.74) is 1.05. The largest absolute Gasteiger partial charge is 0.206 e. The standard InChI is InChI=1S/C28H32F4/c1-2-3-4-18-5-7-19(8-6-18)20-9-11-21(12-10-20)22-13-14-24(25(29)15-22)23-16-26(30)28(32)27(31)17-23/h2,13-21H,1,3-12H2. The van der Waals surface area contributed by atoms with Gasteiger partial charge < -0.3 is 0 Å². The molecular formula is C28H32F4. The summed E-state index contributed by atoms with van der Waals surface area (Å²) in [6.45, 7) is 3.83. The summed E-state index contributed by atoms with van der Waals surface area (Å²) in [4.78, 5) is 0. The minimum Gasteiger partial charge on any atom is -0.206 e. The van der Waals surface area contributed by atoms with Crippen molar-refractivity contribution in [3.8, 4) is 11.1 Å². The molecule has 2 saturated carbocycles.